The van der Waals surface area contributed by atoms with E-state index < -0.39 is 23.3 Å². The molecular weight excluding hydrogens is 536 g/mol. The molecule has 0 amide bonds. The Balaban J connectivity index is 1.41. The van der Waals surface area contributed by atoms with Crippen LogP contribution in [0.5, 0.6) is 5.75 Å². The van der Waals surface area contributed by atoms with Gasteiger partial charge in [0.1, 0.15) is 0 Å². The summed E-state index contributed by atoms with van der Waals surface area (Å²) in [5.41, 5.74) is 2.34. The van der Waals surface area contributed by atoms with Gasteiger partial charge in [-0.05, 0) is 60.4 Å². The van der Waals surface area contributed by atoms with Crippen LogP contribution in [0.25, 0.3) is 27.8 Å². The Labute approximate surface area is 249 Å². The minimum atomic E-state index is -1.02. The first-order valence-electron chi connectivity index (χ1n) is 15.8. The van der Waals surface area contributed by atoms with E-state index in [9.17, 15) is 8.78 Å². The molecule has 5 heteroatoms. The van der Waals surface area contributed by atoms with Crippen LogP contribution >= 0.6 is 0 Å². The highest BCUT2D eigenvalue weighted by Crippen LogP contribution is 2.37. The number of unbranched alkanes of at least 4 members (excludes halogenated alkanes) is 7. The maximum atomic E-state index is 15.3. The second-order valence-electron chi connectivity index (χ2n) is 11.6. The number of hydrogen-bond acceptors (Lipinski definition) is 1. The van der Waals surface area contributed by atoms with Gasteiger partial charge < -0.3 is 4.74 Å². The largest absolute Gasteiger partial charge is 0.490 e. The molecule has 0 N–H and O–H groups in total. The van der Waals surface area contributed by atoms with Crippen LogP contribution < -0.4 is 4.74 Å². The Bertz CT molecular complexity index is 1330. The van der Waals surface area contributed by atoms with Crippen molar-refractivity contribution in [2.75, 3.05) is 6.61 Å². The lowest BCUT2D eigenvalue weighted by Gasteiger charge is -2.22. The minimum absolute atomic E-state index is 0.0860. The van der Waals surface area contributed by atoms with Crippen molar-refractivity contribution < 1.29 is 22.3 Å². The number of benzene rings is 3. The monoisotopic (exact) mass is 580 g/mol. The normalized spacial score (nSPS) is 15.1. The summed E-state index contributed by atoms with van der Waals surface area (Å²) < 4.78 is 65.6. The van der Waals surface area contributed by atoms with Gasteiger partial charge in [0.25, 0.3) is 0 Å². The molecule has 42 heavy (non-hydrogen) atoms. The number of ether oxygens (including phenoxy) is 1. The van der Waals surface area contributed by atoms with Crippen molar-refractivity contribution in [1.82, 2.24) is 0 Å². The molecule has 0 radical (unpaired) electrons. The number of halogens is 4. The van der Waals surface area contributed by atoms with Gasteiger partial charge >= 0.3 is 0 Å². The van der Waals surface area contributed by atoms with Crippen LogP contribution in [-0.4, -0.2) is 6.61 Å². The predicted molar refractivity (Wildman–Crippen MR) is 165 cm³/mol. The summed E-state index contributed by atoms with van der Waals surface area (Å²) in [7, 11) is 0. The Morgan fingerprint density at radius 1 is 0.619 bits per heavy atom. The van der Waals surface area contributed by atoms with Gasteiger partial charge in [0.05, 0.1) is 6.61 Å². The molecule has 0 bridgehead atoms. The fraction of sp³-hybridized carbons (Fsp3) is 0.459. The molecule has 1 nitrogen and oxygen atoms in total. The molecule has 4 rings (SSSR count). The Morgan fingerprint density at radius 3 is 1.79 bits per heavy atom. The van der Waals surface area contributed by atoms with Gasteiger partial charge in [-0.15, -0.1) is 0 Å². The van der Waals surface area contributed by atoms with E-state index in [1.807, 2.05) is 0 Å². The molecule has 3 aromatic rings. The zero-order valence-electron chi connectivity index (χ0n) is 25.1. The molecular formula is C37H44F4O. The van der Waals surface area contributed by atoms with Gasteiger partial charge in [0, 0.05) is 16.7 Å². The standard InChI is InChI=1S/C37H44F4O/c1-3-5-7-9-10-12-26-13-15-27(16-14-26)30-21-22-31(35(39)34(30)38)28-17-19-29(20-18-28)32-23-24-33(37(41)36(32)40)42-25-11-8-6-4-2/h15,17-24,26H,3-14,16,25H2,1-2H3. The Hall–Kier alpha value is -3.08. The first-order valence-corrected chi connectivity index (χ1v) is 15.8. The smallest absolute Gasteiger partial charge is 0.201 e. The third-order valence-corrected chi connectivity index (χ3v) is 8.47. The van der Waals surface area contributed by atoms with E-state index in [0.717, 1.165) is 50.5 Å². The van der Waals surface area contributed by atoms with Gasteiger partial charge in [-0.1, -0.05) is 114 Å². The molecule has 0 aromatic heterocycles. The second kappa shape index (κ2) is 16.0. The Kier molecular flexibility index (Phi) is 12.1. The highest BCUT2D eigenvalue weighted by molar-refractivity contribution is 5.74. The average Bonchev–Trinajstić information content (AvgIpc) is 3.01. The number of rotatable bonds is 15. The van der Waals surface area contributed by atoms with Crippen molar-refractivity contribution in [2.45, 2.75) is 97.3 Å². The van der Waals surface area contributed by atoms with Crippen molar-refractivity contribution in [1.29, 1.82) is 0 Å². The molecule has 3 aromatic carbocycles. The minimum Gasteiger partial charge on any atom is -0.490 e. The van der Waals surface area contributed by atoms with Crippen LogP contribution in [0.15, 0.2) is 54.6 Å². The zero-order chi connectivity index (χ0) is 29.9. The molecule has 0 spiro atoms. The lowest BCUT2D eigenvalue weighted by molar-refractivity contribution is 0.285. The van der Waals surface area contributed by atoms with Gasteiger partial charge in [0.15, 0.2) is 23.2 Å². The molecule has 1 atom stereocenters. The average molecular weight is 581 g/mol. The highest BCUT2D eigenvalue weighted by Gasteiger charge is 2.22. The molecule has 1 aliphatic rings. The van der Waals surface area contributed by atoms with Crippen molar-refractivity contribution in [3.05, 3.63) is 83.4 Å². The molecule has 0 saturated heterocycles. The zero-order valence-corrected chi connectivity index (χ0v) is 25.1. The molecule has 1 aliphatic carbocycles. The maximum Gasteiger partial charge on any atom is 0.201 e. The lowest BCUT2D eigenvalue weighted by atomic mass is 9.83. The third kappa shape index (κ3) is 8.05. The lowest BCUT2D eigenvalue weighted by Crippen LogP contribution is -2.07. The summed E-state index contributed by atoms with van der Waals surface area (Å²) in [5.74, 6) is -3.22. The van der Waals surface area contributed by atoms with E-state index in [4.69, 9.17) is 4.74 Å². The maximum absolute atomic E-state index is 15.3. The summed E-state index contributed by atoms with van der Waals surface area (Å²) in [6.07, 6.45) is 16.2. The second-order valence-corrected chi connectivity index (χ2v) is 11.6. The van der Waals surface area contributed by atoms with Crippen LogP contribution in [0.4, 0.5) is 17.6 Å². The summed E-state index contributed by atoms with van der Waals surface area (Å²) >= 11 is 0. The van der Waals surface area contributed by atoms with Crippen LogP contribution in [0.1, 0.15) is 103 Å². The summed E-state index contributed by atoms with van der Waals surface area (Å²) in [5, 5.41) is 0. The van der Waals surface area contributed by atoms with Crippen molar-refractivity contribution in [3.63, 3.8) is 0 Å². The molecule has 226 valence electrons. The number of hydrogen-bond donors (Lipinski definition) is 0. The highest BCUT2D eigenvalue weighted by atomic mass is 19.2. The first kappa shape index (κ1) is 31.8. The van der Waals surface area contributed by atoms with Crippen molar-refractivity contribution in [2.24, 2.45) is 5.92 Å². The third-order valence-electron chi connectivity index (χ3n) is 8.47. The van der Waals surface area contributed by atoms with Crippen LogP contribution in [0, 0.1) is 29.2 Å². The van der Waals surface area contributed by atoms with E-state index >= 15 is 8.78 Å². The fourth-order valence-corrected chi connectivity index (χ4v) is 5.86. The summed E-state index contributed by atoms with van der Waals surface area (Å²) in [6, 6.07) is 12.6. The van der Waals surface area contributed by atoms with E-state index in [-0.39, 0.29) is 16.9 Å². The molecule has 1 unspecified atom stereocenters. The van der Waals surface area contributed by atoms with Crippen molar-refractivity contribution in [3.8, 4) is 28.0 Å². The van der Waals surface area contributed by atoms with Gasteiger partial charge in [0.2, 0.25) is 5.82 Å². The fourth-order valence-electron chi connectivity index (χ4n) is 5.86. The van der Waals surface area contributed by atoms with E-state index in [0.29, 0.717) is 29.2 Å². The molecule has 0 fully saturated rings. The summed E-state index contributed by atoms with van der Waals surface area (Å²) in [6.45, 7) is 4.66. The molecule has 0 heterocycles. The van der Waals surface area contributed by atoms with E-state index in [1.54, 1.807) is 36.4 Å². The van der Waals surface area contributed by atoms with E-state index in [1.165, 1.54) is 50.7 Å². The van der Waals surface area contributed by atoms with E-state index in [2.05, 4.69) is 19.9 Å². The quantitative estimate of drug-likeness (QED) is 0.128. The molecule has 0 aliphatic heterocycles. The predicted octanol–water partition coefficient (Wildman–Crippen LogP) is 12.1. The van der Waals surface area contributed by atoms with Crippen molar-refractivity contribution >= 4 is 5.57 Å². The van der Waals surface area contributed by atoms with Gasteiger partial charge in [-0.25, -0.2) is 13.2 Å². The van der Waals surface area contributed by atoms with Gasteiger partial charge in [-0.2, -0.15) is 4.39 Å². The topological polar surface area (TPSA) is 9.23 Å². The molecule has 0 saturated carbocycles. The number of allylic oxidation sites excluding steroid dienone is 2. The van der Waals surface area contributed by atoms with Crippen LogP contribution in [-0.2, 0) is 0 Å². The Morgan fingerprint density at radius 2 is 1.17 bits per heavy atom. The SMILES string of the molecule is CCCCCCCC1CC=C(c2ccc(-c3ccc(-c4ccc(OCCCCCC)c(F)c4F)cc3)c(F)c2F)CC1. The van der Waals surface area contributed by atoms with Crippen LogP contribution in [0.3, 0.4) is 0 Å². The van der Waals surface area contributed by atoms with Gasteiger partial charge in [-0.3, -0.25) is 0 Å². The van der Waals surface area contributed by atoms with Crippen LogP contribution in [0.2, 0.25) is 0 Å². The summed E-state index contributed by atoms with van der Waals surface area (Å²) in [4.78, 5) is 0. The first-order chi connectivity index (χ1) is 20.4.